The molecule has 4 aliphatic heterocycles. The van der Waals surface area contributed by atoms with Gasteiger partial charge in [-0.15, -0.1) is 0 Å². The van der Waals surface area contributed by atoms with Gasteiger partial charge in [0.25, 0.3) is 11.8 Å². The van der Waals surface area contributed by atoms with Crippen LogP contribution in [0.1, 0.15) is 125 Å². The molecule has 0 unspecified atom stereocenters. The third kappa shape index (κ3) is 9.41. The van der Waals surface area contributed by atoms with Gasteiger partial charge in [0.05, 0.1) is 41.4 Å². The minimum Gasteiger partial charge on any atom is -0.488 e. The summed E-state index contributed by atoms with van der Waals surface area (Å²) in [7, 11) is 0. The number of aromatic amines is 2. The van der Waals surface area contributed by atoms with E-state index in [0.717, 1.165) is 57.6 Å². The molecule has 4 atom stereocenters. The zero-order chi connectivity index (χ0) is 48.9. The van der Waals surface area contributed by atoms with E-state index < -0.39 is 35.5 Å². The van der Waals surface area contributed by atoms with Gasteiger partial charge in [0.2, 0.25) is 0 Å². The third-order valence-corrected chi connectivity index (χ3v) is 13.0. The van der Waals surface area contributed by atoms with E-state index in [1.807, 2.05) is 72.8 Å². The summed E-state index contributed by atoms with van der Waals surface area (Å²) in [6, 6.07) is 24.2. The zero-order valence-corrected chi connectivity index (χ0v) is 40.3. The number of carbonyl (C=O) groups excluding carboxylic acids is 4. The molecule has 6 heterocycles. The van der Waals surface area contributed by atoms with E-state index in [1.165, 1.54) is 0 Å². The van der Waals surface area contributed by atoms with Crippen molar-refractivity contribution >= 4 is 24.0 Å². The topological polar surface area (TPSA) is 193 Å². The van der Waals surface area contributed by atoms with Crippen LogP contribution >= 0.6 is 0 Å². The number of nitrogens with one attached hydrogen (secondary N) is 4. The average Bonchev–Trinajstić information content (AvgIpc) is 4.18. The molecule has 0 radical (unpaired) electrons. The molecule has 362 valence electrons. The van der Waals surface area contributed by atoms with Crippen LogP contribution in [0, 0.1) is 0 Å². The lowest BCUT2D eigenvalue weighted by Crippen LogP contribution is -2.44. The van der Waals surface area contributed by atoms with Gasteiger partial charge in [-0.2, -0.15) is 0 Å². The Hall–Kier alpha value is -7.62. The molecule has 4 aliphatic rings. The molecular weight excluding hydrogens is 889 g/mol. The monoisotopic (exact) mass is 946 g/mol. The molecule has 0 saturated carbocycles. The summed E-state index contributed by atoms with van der Waals surface area (Å²) in [5, 5.41) is 5.66. The number of hydrogen-bond donors (Lipinski definition) is 4. The van der Waals surface area contributed by atoms with Gasteiger partial charge in [0.15, 0.2) is 0 Å². The Labute approximate surface area is 406 Å². The molecule has 4 N–H and O–H groups in total. The fourth-order valence-corrected chi connectivity index (χ4v) is 9.99. The maximum atomic E-state index is 14.3. The maximum Gasteiger partial charge on any atom is 0.408 e. The normalized spacial score (nSPS) is 18.0. The molecule has 10 rings (SSSR count). The van der Waals surface area contributed by atoms with Crippen LogP contribution in [0.25, 0.3) is 33.6 Å². The van der Waals surface area contributed by atoms with Gasteiger partial charge in [-0.05, 0) is 114 Å². The Morgan fingerprint density at radius 1 is 0.614 bits per heavy atom. The van der Waals surface area contributed by atoms with Crippen LogP contribution in [0.15, 0.2) is 97.3 Å². The molecule has 0 aliphatic carbocycles. The number of hydrogen-bond acceptors (Lipinski definition) is 10. The molecular formula is C54H58N8O8. The summed E-state index contributed by atoms with van der Waals surface area (Å²) in [6.45, 7) is 12.4. The second-order valence-electron chi connectivity index (χ2n) is 20.3. The molecule has 0 spiro atoms. The predicted octanol–water partition coefficient (Wildman–Crippen LogP) is 9.78. The fraction of sp³-hybridized carbons (Fsp3) is 0.370. The van der Waals surface area contributed by atoms with Gasteiger partial charge in [0.1, 0.15) is 59.6 Å². The second kappa shape index (κ2) is 18.4. The number of H-pyrrole nitrogens is 2. The first-order chi connectivity index (χ1) is 33.6. The highest BCUT2D eigenvalue weighted by Crippen LogP contribution is 2.51. The van der Waals surface area contributed by atoms with Gasteiger partial charge < -0.3 is 49.3 Å². The van der Waals surface area contributed by atoms with Crippen molar-refractivity contribution in [1.29, 1.82) is 0 Å². The van der Waals surface area contributed by atoms with Crippen LogP contribution < -0.4 is 20.1 Å². The van der Waals surface area contributed by atoms with Crippen molar-refractivity contribution in [3.8, 4) is 45.1 Å². The largest absolute Gasteiger partial charge is 0.488 e. The standard InChI is InChI=1S/C54H58N8O8/c1-53(2,3)69-51(65)59-45(31-15-9-7-10-16-31)49(63)61-21-13-19-39(61)47-55-27-37(57-47)33-23-35-29-67-41-25-34(26-42-44(41)43(35)36(24-33)30-68-42)38-28-56-48(58-38)40-20-14-22-62(40)50(64)46(32-17-11-8-12-18-32)60-52(66)70-54(4,5)6/h7-12,15-18,23-28,39-40,45-46H,13-14,19-22,29-30H2,1-6H3,(H,55,57)(H,56,58)(H,59,65)(H,60,66)/t39-,40-,45+,46+/m0/s1. The lowest BCUT2D eigenvalue weighted by atomic mass is 9.87. The first-order valence-corrected chi connectivity index (χ1v) is 24.0. The van der Waals surface area contributed by atoms with E-state index in [1.54, 1.807) is 63.7 Å². The van der Waals surface area contributed by atoms with Crippen LogP contribution in [-0.2, 0) is 32.3 Å². The smallest absolute Gasteiger partial charge is 0.408 e. The Morgan fingerprint density at radius 2 is 1.03 bits per heavy atom. The molecule has 16 heteroatoms. The van der Waals surface area contributed by atoms with Gasteiger partial charge in [-0.25, -0.2) is 19.6 Å². The molecule has 6 aromatic rings. The number of likely N-dealkylation sites (tertiary alicyclic amines) is 2. The van der Waals surface area contributed by atoms with Crippen molar-refractivity contribution in [3.63, 3.8) is 0 Å². The van der Waals surface area contributed by atoms with E-state index in [2.05, 4.69) is 32.7 Å². The number of alkyl carbamates (subject to hydrolysis) is 2. The molecule has 4 aromatic carbocycles. The summed E-state index contributed by atoms with van der Waals surface area (Å²) in [5.74, 6) is 2.26. The maximum absolute atomic E-state index is 14.3. The zero-order valence-electron chi connectivity index (χ0n) is 40.3. The first-order valence-electron chi connectivity index (χ1n) is 24.0. The van der Waals surface area contributed by atoms with Crippen molar-refractivity contribution in [1.82, 2.24) is 40.4 Å². The molecule has 70 heavy (non-hydrogen) atoms. The summed E-state index contributed by atoms with van der Waals surface area (Å²) in [5.41, 5.74) is 7.22. The number of benzene rings is 4. The number of amides is 4. The van der Waals surface area contributed by atoms with E-state index in [-0.39, 0.29) is 23.9 Å². The van der Waals surface area contributed by atoms with Crippen LogP contribution in [0.3, 0.4) is 0 Å². The van der Waals surface area contributed by atoms with Gasteiger partial charge >= 0.3 is 12.2 Å². The molecule has 4 amide bonds. The highest BCUT2D eigenvalue weighted by molar-refractivity contribution is 5.90. The first kappa shape index (κ1) is 46.1. The third-order valence-electron chi connectivity index (χ3n) is 13.0. The Morgan fingerprint density at radius 3 is 1.44 bits per heavy atom. The summed E-state index contributed by atoms with van der Waals surface area (Å²) in [6.07, 6.45) is 5.24. The van der Waals surface area contributed by atoms with Crippen molar-refractivity contribution in [2.75, 3.05) is 13.1 Å². The second-order valence-corrected chi connectivity index (χ2v) is 20.3. The van der Waals surface area contributed by atoms with Gasteiger partial charge in [-0.3, -0.25) is 9.59 Å². The average molecular weight is 947 g/mol. The Bertz CT molecular complexity index is 2700. The van der Waals surface area contributed by atoms with Crippen LogP contribution in [0.5, 0.6) is 11.5 Å². The van der Waals surface area contributed by atoms with Crippen molar-refractivity contribution in [3.05, 3.63) is 131 Å². The highest BCUT2D eigenvalue weighted by atomic mass is 16.6. The molecule has 0 bridgehead atoms. The Kier molecular flexibility index (Phi) is 12.1. The van der Waals surface area contributed by atoms with Gasteiger partial charge in [0, 0.05) is 29.8 Å². The molecule has 2 fully saturated rings. The summed E-state index contributed by atoms with van der Waals surface area (Å²) < 4.78 is 24.0. The molecule has 2 aromatic heterocycles. The van der Waals surface area contributed by atoms with E-state index in [0.29, 0.717) is 73.4 Å². The highest BCUT2D eigenvalue weighted by Gasteiger charge is 2.40. The van der Waals surface area contributed by atoms with Gasteiger partial charge in [-0.1, -0.05) is 60.7 Å². The lowest BCUT2D eigenvalue weighted by Gasteiger charge is -2.30. The lowest BCUT2D eigenvalue weighted by molar-refractivity contribution is -0.135. The number of aromatic nitrogens is 4. The van der Waals surface area contributed by atoms with E-state index >= 15 is 0 Å². The minimum atomic E-state index is -0.939. The quantitative estimate of drug-likeness (QED) is 0.103. The minimum absolute atomic E-state index is 0.230. The molecule has 2 saturated heterocycles. The van der Waals surface area contributed by atoms with Crippen LogP contribution in [0.4, 0.5) is 9.59 Å². The predicted molar refractivity (Wildman–Crippen MR) is 260 cm³/mol. The Balaban J connectivity index is 0.864. The number of nitrogens with zero attached hydrogens (tertiary/aromatic N) is 4. The SMILES string of the molecule is CC(C)(C)OC(=O)N[C@@H](C(=O)N1CCC[C@H]1c1ncc(-c2cc3c4c(c2)COc2cc(-c5cnc([C@@H]6CCCN6C(=O)[C@H](NC(=O)OC(C)(C)C)c6ccccc6)[nH]5)cc(c2-4)OC3)[nH]1)c1ccccc1. The number of ether oxygens (including phenoxy) is 4. The molecule has 16 nitrogen and oxygen atoms in total. The summed E-state index contributed by atoms with van der Waals surface area (Å²) >= 11 is 0. The number of rotatable bonds is 10. The van der Waals surface area contributed by atoms with Crippen molar-refractivity contribution in [2.45, 2.75) is 116 Å². The van der Waals surface area contributed by atoms with Crippen molar-refractivity contribution < 1.29 is 38.1 Å². The van der Waals surface area contributed by atoms with Crippen molar-refractivity contribution in [2.24, 2.45) is 0 Å². The number of carbonyl (C=O) groups is 4. The summed E-state index contributed by atoms with van der Waals surface area (Å²) in [4.78, 5) is 74.8. The van der Waals surface area contributed by atoms with Crippen LogP contribution in [0.2, 0.25) is 0 Å². The van der Waals surface area contributed by atoms with E-state index in [4.69, 9.17) is 28.9 Å². The van der Waals surface area contributed by atoms with E-state index in [9.17, 15) is 19.2 Å². The van der Waals surface area contributed by atoms with Crippen LogP contribution in [-0.4, -0.2) is 78.0 Å². The number of imidazole rings is 2. The fourth-order valence-electron chi connectivity index (χ4n) is 9.99.